The number of aryl methyl sites for hydroxylation is 2. The summed E-state index contributed by atoms with van der Waals surface area (Å²) in [5.41, 5.74) is 5.00. The third-order valence-electron chi connectivity index (χ3n) is 5.14. The lowest BCUT2D eigenvalue weighted by atomic mass is 10.0. The first kappa shape index (κ1) is 21.2. The highest BCUT2D eigenvalue weighted by molar-refractivity contribution is 8.13. The number of thioether (sulfide) groups is 1. The Kier molecular flexibility index (Phi) is 6.69. The zero-order valence-electron chi connectivity index (χ0n) is 16.7. The third kappa shape index (κ3) is 4.37. The molecule has 0 bridgehead atoms. The van der Waals surface area contributed by atoms with Crippen LogP contribution in [0.15, 0.2) is 45.7 Å². The third-order valence-corrected chi connectivity index (χ3v) is 7.09. The van der Waals surface area contributed by atoms with E-state index in [-0.39, 0.29) is 12.4 Å². The number of thiophene rings is 1. The van der Waals surface area contributed by atoms with E-state index in [0.29, 0.717) is 6.04 Å². The van der Waals surface area contributed by atoms with E-state index >= 15 is 0 Å². The van der Waals surface area contributed by atoms with E-state index in [1.807, 2.05) is 11.3 Å². The second kappa shape index (κ2) is 8.85. The van der Waals surface area contributed by atoms with Gasteiger partial charge in [0, 0.05) is 28.4 Å². The van der Waals surface area contributed by atoms with Crippen molar-refractivity contribution in [3.05, 3.63) is 57.3 Å². The Labute approximate surface area is 181 Å². The fourth-order valence-corrected chi connectivity index (χ4v) is 4.98. The fraction of sp³-hybridized carbons (Fsp3) is 0.364. The van der Waals surface area contributed by atoms with Crippen molar-refractivity contribution in [1.82, 2.24) is 9.88 Å². The number of nitrogens with zero attached hydrogens (tertiary/aromatic N) is 3. The zero-order valence-corrected chi connectivity index (χ0v) is 19.2. The van der Waals surface area contributed by atoms with Crippen molar-refractivity contribution >= 4 is 51.6 Å². The lowest BCUT2D eigenvalue weighted by Gasteiger charge is -2.31. The second-order valence-corrected chi connectivity index (χ2v) is 9.28. The van der Waals surface area contributed by atoms with Crippen LogP contribution in [0.25, 0.3) is 10.9 Å². The zero-order chi connectivity index (χ0) is 19.0. The predicted octanol–water partition coefficient (Wildman–Crippen LogP) is 6.60. The van der Waals surface area contributed by atoms with E-state index in [1.54, 1.807) is 11.8 Å². The van der Waals surface area contributed by atoms with Crippen LogP contribution in [0.5, 0.6) is 0 Å². The monoisotopic (exact) mass is 431 g/mol. The van der Waals surface area contributed by atoms with Crippen LogP contribution in [0, 0.1) is 13.8 Å². The molecule has 2 aromatic heterocycles. The molecular weight excluding hydrogens is 406 g/mol. The predicted molar refractivity (Wildman–Crippen MR) is 125 cm³/mol. The van der Waals surface area contributed by atoms with Crippen LogP contribution < -0.4 is 0 Å². The van der Waals surface area contributed by atoms with E-state index in [4.69, 9.17) is 9.98 Å². The van der Waals surface area contributed by atoms with Gasteiger partial charge in [-0.25, -0.2) is 4.98 Å². The summed E-state index contributed by atoms with van der Waals surface area (Å²) in [4.78, 5) is 13.8. The van der Waals surface area contributed by atoms with Gasteiger partial charge in [0.1, 0.15) is 5.03 Å². The Balaban J connectivity index is 0.00000225. The molecule has 3 heterocycles. The van der Waals surface area contributed by atoms with Crippen LogP contribution in [0.1, 0.15) is 41.8 Å². The topological polar surface area (TPSA) is 28.5 Å². The molecule has 28 heavy (non-hydrogen) atoms. The highest BCUT2D eigenvalue weighted by Gasteiger charge is 2.25. The molecule has 0 spiro atoms. The minimum Gasteiger partial charge on any atom is -0.342 e. The van der Waals surface area contributed by atoms with Gasteiger partial charge >= 0.3 is 0 Å². The molecule has 3 nitrogen and oxygen atoms in total. The molecule has 148 valence electrons. The van der Waals surface area contributed by atoms with Crippen LogP contribution in [-0.4, -0.2) is 21.1 Å². The van der Waals surface area contributed by atoms with Crippen LogP contribution in [0.2, 0.25) is 0 Å². The van der Waals surface area contributed by atoms with Crippen molar-refractivity contribution in [2.45, 2.75) is 58.3 Å². The number of benzene rings is 1. The van der Waals surface area contributed by atoms with Gasteiger partial charge in [0.25, 0.3) is 0 Å². The molecule has 0 amide bonds. The summed E-state index contributed by atoms with van der Waals surface area (Å²) < 4.78 is 0. The number of halogens is 1. The van der Waals surface area contributed by atoms with Crippen molar-refractivity contribution in [2.75, 3.05) is 0 Å². The maximum atomic E-state index is 5.00. The summed E-state index contributed by atoms with van der Waals surface area (Å²) in [6.45, 7) is 10.5. The Morgan fingerprint density at radius 3 is 2.71 bits per heavy atom. The van der Waals surface area contributed by atoms with E-state index in [0.717, 1.165) is 35.2 Å². The number of pyridine rings is 1. The summed E-state index contributed by atoms with van der Waals surface area (Å²) in [6, 6.07) is 11.4. The molecule has 0 radical (unpaired) electrons. The standard InChI is InChI=1S/C22H25N3S2.ClH/c1-5-16(4)23-22-25(13-19-7-6-8-26-19)12-18-11-17-9-14(2)15(3)10-20(17)24-21(18)27-22;/h6-11,16H,5,12-13H2,1-4H3;1H. The summed E-state index contributed by atoms with van der Waals surface area (Å²) in [5, 5.41) is 5.58. The number of hydrogen-bond acceptors (Lipinski definition) is 4. The van der Waals surface area contributed by atoms with Crippen molar-refractivity contribution in [2.24, 2.45) is 4.99 Å². The van der Waals surface area contributed by atoms with Gasteiger partial charge in [-0.3, -0.25) is 4.99 Å². The minimum absolute atomic E-state index is 0. The van der Waals surface area contributed by atoms with Crippen molar-refractivity contribution < 1.29 is 0 Å². The normalized spacial score (nSPS) is 16.1. The van der Waals surface area contributed by atoms with Gasteiger partial charge in [0.05, 0.1) is 12.1 Å². The van der Waals surface area contributed by atoms with Crippen molar-refractivity contribution in [3.8, 4) is 0 Å². The second-order valence-electron chi connectivity index (χ2n) is 7.29. The van der Waals surface area contributed by atoms with Crippen LogP contribution in [0.4, 0.5) is 0 Å². The molecule has 1 aromatic carbocycles. The average Bonchev–Trinajstić information content (AvgIpc) is 3.15. The molecule has 0 N–H and O–H groups in total. The smallest absolute Gasteiger partial charge is 0.166 e. The lowest BCUT2D eigenvalue weighted by molar-refractivity contribution is 0.406. The molecule has 1 unspecified atom stereocenters. The number of fused-ring (bicyclic) bond motifs is 2. The summed E-state index contributed by atoms with van der Waals surface area (Å²) in [6.07, 6.45) is 1.05. The summed E-state index contributed by atoms with van der Waals surface area (Å²) >= 11 is 3.53. The molecule has 3 aromatic rings. The first-order valence-corrected chi connectivity index (χ1v) is 11.2. The first-order valence-electron chi connectivity index (χ1n) is 9.47. The van der Waals surface area contributed by atoms with Gasteiger partial charge in [-0.15, -0.1) is 23.7 Å². The van der Waals surface area contributed by atoms with Gasteiger partial charge in [-0.1, -0.05) is 13.0 Å². The largest absolute Gasteiger partial charge is 0.342 e. The quantitative estimate of drug-likeness (QED) is 0.466. The minimum atomic E-state index is 0. The van der Waals surface area contributed by atoms with E-state index < -0.39 is 0 Å². The Morgan fingerprint density at radius 1 is 1.21 bits per heavy atom. The molecule has 1 atom stereocenters. The fourth-order valence-electron chi connectivity index (χ4n) is 3.19. The number of aliphatic imine (C=N–C) groups is 1. The molecule has 0 aliphatic carbocycles. The Morgan fingerprint density at radius 2 is 2.00 bits per heavy atom. The highest BCUT2D eigenvalue weighted by Crippen LogP contribution is 2.35. The van der Waals surface area contributed by atoms with Gasteiger partial charge in [-0.2, -0.15) is 0 Å². The maximum Gasteiger partial charge on any atom is 0.166 e. The summed E-state index contributed by atoms with van der Waals surface area (Å²) in [7, 11) is 0. The van der Waals surface area contributed by atoms with Gasteiger partial charge in [-0.05, 0) is 79.7 Å². The average molecular weight is 432 g/mol. The van der Waals surface area contributed by atoms with E-state index in [9.17, 15) is 0 Å². The molecular formula is C22H26ClN3S2. The lowest BCUT2D eigenvalue weighted by Crippen LogP contribution is -2.32. The highest BCUT2D eigenvalue weighted by atomic mass is 35.5. The van der Waals surface area contributed by atoms with Gasteiger partial charge < -0.3 is 4.90 Å². The maximum absolute atomic E-state index is 5.00. The number of rotatable bonds is 4. The number of hydrogen-bond donors (Lipinski definition) is 0. The number of amidine groups is 1. The number of aromatic nitrogens is 1. The van der Waals surface area contributed by atoms with Crippen molar-refractivity contribution in [1.29, 1.82) is 0 Å². The SMILES string of the molecule is CCC(C)N=C1Sc2nc3cc(C)c(C)cc3cc2CN1Cc1cccs1.Cl. The molecule has 0 saturated carbocycles. The summed E-state index contributed by atoms with van der Waals surface area (Å²) in [5.74, 6) is 0. The van der Waals surface area contributed by atoms with E-state index in [1.165, 1.54) is 27.0 Å². The molecule has 1 aliphatic heterocycles. The molecule has 4 rings (SSSR count). The Hall–Kier alpha value is -1.56. The molecule has 0 saturated heterocycles. The van der Waals surface area contributed by atoms with Gasteiger partial charge in [0.2, 0.25) is 0 Å². The van der Waals surface area contributed by atoms with Crippen LogP contribution in [0.3, 0.4) is 0 Å². The molecule has 1 aliphatic rings. The Bertz CT molecular complexity index is 999. The van der Waals surface area contributed by atoms with Crippen molar-refractivity contribution in [3.63, 3.8) is 0 Å². The molecule has 6 heteroatoms. The van der Waals surface area contributed by atoms with Crippen LogP contribution in [-0.2, 0) is 13.1 Å². The van der Waals surface area contributed by atoms with Gasteiger partial charge in [0.15, 0.2) is 5.17 Å². The van der Waals surface area contributed by atoms with E-state index in [2.05, 4.69) is 68.3 Å². The molecule has 0 fully saturated rings. The first-order chi connectivity index (χ1) is 13.0. The van der Waals surface area contributed by atoms with Crippen LogP contribution >= 0.6 is 35.5 Å².